The van der Waals surface area contributed by atoms with Gasteiger partial charge in [-0.05, 0) is 19.1 Å². The molecule has 0 aliphatic rings. The zero-order valence-electron chi connectivity index (χ0n) is 10.9. The van der Waals surface area contributed by atoms with E-state index in [-0.39, 0.29) is 24.7 Å². The summed E-state index contributed by atoms with van der Waals surface area (Å²) in [6, 6.07) is 4.36. The lowest BCUT2D eigenvalue weighted by atomic mass is 10.2. The van der Waals surface area contributed by atoms with E-state index in [0.717, 1.165) is 0 Å². The van der Waals surface area contributed by atoms with E-state index in [4.69, 9.17) is 11.6 Å². The fourth-order valence-corrected chi connectivity index (χ4v) is 1.68. The zero-order valence-corrected chi connectivity index (χ0v) is 11.6. The van der Waals surface area contributed by atoms with Crippen molar-refractivity contribution in [3.8, 4) is 0 Å². The predicted molar refractivity (Wildman–Crippen MR) is 73.1 cm³/mol. The monoisotopic (exact) mass is 285 g/mol. The number of hydrogen-bond donors (Lipinski definition) is 1. The molecular formula is C12H16ClN3O3. The van der Waals surface area contributed by atoms with E-state index >= 15 is 0 Å². The predicted octanol–water partition coefficient (Wildman–Crippen LogP) is 1.82. The van der Waals surface area contributed by atoms with Crippen LogP contribution in [0.5, 0.6) is 0 Å². The third kappa shape index (κ3) is 4.50. The molecule has 0 aliphatic carbocycles. The van der Waals surface area contributed by atoms with Crippen molar-refractivity contribution in [1.29, 1.82) is 0 Å². The molecule has 0 saturated heterocycles. The summed E-state index contributed by atoms with van der Waals surface area (Å²) in [5.41, 5.74) is 0.456. The Kier molecular flexibility index (Phi) is 5.72. The van der Waals surface area contributed by atoms with E-state index in [1.54, 1.807) is 11.9 Å². The molecule has 1 aromatic carbocycles. The second kappa shape index (κ2) is 7.06. The van der Waals surface area contributed by atoms with Gasteiger partial charge in [0, 0.05) is 36.8 Å². The van der Waals surface area contributed by atoms with Gasteiger partial charge in [-0.1, -0.05) is 11.6 Å². The highest BCUT2D eigenvalue weighted by Gasteiger charge is 2.14. The van der Waals surface area contributed by atoms with Crippen LogP contribution >= 0.6 is 11.6 Å². The van der Waals surface area contributed by atoms with Crippen LogP contribution in [-0.2, 0) is 11.3 Å². The van der Waals surface area contributed by atoms with Crippen LogP contribution in [0.4, 0.5) is 5.69 Å². The summed E-state index contributed by atoms with van der Waals surface area (Å²) < 4.78 is 0. The average molecular weight is 286 g/mol. The molecule has 0 bridgehead atoms. The highest BCUT2D eigenvalue weighted by molar-refractivity contribution is 6.30. The number of nitro groups is 1. The quantitative estimate of drug-likeness (QED) is 0.639. The number of rotatable bonds is 6. The molecule has 104 valence electrons. The average Bonchev–Trinajstić information content (AvgIpc) is 2.37. The normalized spacial score (nSPS) is 10.3. The number of halogens is 1. The topological polar surface area (TPSA) is 75.5 Å². The van der Waals surface area contributed by atoms with E-state index in [1.807, 2.05) is 6.92 Å². The van der Waals surface area contributed by atoms with Crippen LogP contribution in [0, 0.1) is 10.1 Å². The number of carbonyl (C=O) groups is 1. The SMILES string of the molecule is CCN(C)C(=O)CNCc1cc(Cl)ccc1[N+](=O)[O-]. The van der Waals surface area contributed by atoms with Crippen molar-refractivity contribution in [3.63, 3.8) is 0 Å². The molecule has 0 aromatic heterocycles. The van der Waals surface area contributed by atoms with Crippen molar-refractivity contribution in [2.45, 2.75) is 13.5 Å². The molecule has 0 unspecified atom stereocenters. The number of nitrogens with one attached hydrogen (secondary N) is 1. The van der Waals surface area contributed by atoms with Crippen molar-refractivity contribution < 1.29 is 9.72 Å². The first-order chi connectivity index (χ1) is 8.95. The van der Waals surface area contributed by atoms with Crippen LogP contribution in [-0.4, -0.2) is 35.9 Å². The minimum Gasteiger partial charge on any atom is -0.345 e. The molecule has 0 heterocycles. The summed E-state index contributed by atoms with van der Waals surface area (Å²) in [5.74, 6) is -0.0628. The van der Waals surface area contributed by atoms with Gasteiger partial charge in [0.15, 0.2) is 0 Å². The Morgan fingerprint density at radius 3 is 2.79 bits per heavy atom. The Bertz CT molecular complexity index is 479. The number of likely N-dealkylation sites (N-methyl/N-ethyl adjacent to an activating group) is 1. The largest absolute Gasteiger partial charge is 0.345 e. The summed E-state index contributed by atoms with van der Waals surface area (Å²) in [4.78, 5) is 23.5. The molecule has 1 rings (SSSR count). The number of hydrogen-bond acceptors (Lipinski definition) is 4. The van der Waals surface area contributed by atoms with Crippen LogP contribution in [0.15, 0.2) is 18.2 Å². The maximum Gasteiger partial charge on any atom is 0.273 e. The number of nitro benzene ring substituents is 1. The molecule has 0 radical (unpaired) electrons. The van der Waals surface area contributed by atoms with Crippen LogP contribution in [0.25, 0.3) is 0 Å². The van der Waals surface area contributed by atoms with E-state index < -0.39 is 4.92 Å². The molecular weight excluding hydrogens is 270 g/mol. The van der Waals surface area contributed by atoms with Crippen LogP contribution in [0.2, 0.25) is 5.02 Å². The van der Waals surface area contributed by atoms with Gasteiger partial charge in [-0.2, -0.15) is 0 Å². The first kappa shape index (κ1) is 15.4. The zero-order chi connectivity index (χ0) is 14.4. The van der Waals surface area contributed by atoms with Crippen molar-refractivity contribution in [2.24, 2.45) is 0 Å². The van der Waals surface area contributed by atoms with Gasteiger partial charge < -0.3 is 10.2 Å². The summed E-state index contributed by atoms with van der Waals surface area (Å²) in [7, 11) is 1.70. The van der Waals surface area contributed by atoms with Crippen LogP contribution in [0.3, 0.4) is 0 Å². The molecule has 1 aromatic rings. The van der Waals surface area contributed by atoms with Crippen molar-refractivity contribution >= 4 is 23.2 Å². The van der Waals surface area contributed by atoms with Gasteiger partial charge in [-0.25, -0.2) is 0 Å². The molecule has 6 nitrogen and oxygen atoms in total. The second-order valence-corrected chi connectivity index (χ2v) is 4.48. The van der Waals surface area contributed by atoms with Gasteiger partial charge in [0.25, 0.3) is 5.69 Å². The Morgan fingerprint density at radius 2 is 2.21 bits per heavy atom. The molecule has 1 amide bonds. The number of carbonyl (C=O) groups excluding carboxylic acids is 1. The fraction of sp³-hybridized carbons (Fsp3) is 0.417. The number of nitrogens with zero attached hydrogens (tertiary/aromatic N) is 2. The van der Waals surface area contributed by atoms with Gasteiger partial charge in [-0.15, -0.1) is 0 Å². The van der Waals surface area contributed by atoms with Gasteiger partial charge in [-0.3, -0.25) is 14.9 Å². The standard InChI is InChI=1S/C12H16ClN3O3/c1-3-15(2)12(17)8-14-7-9-6-10(13)4-5-11(9)16(18)19/h4-6,14H,3,7-8H2,1-2H3. The van der Waals surface area contributed by atoms with Crippen LogP contribution in [0.1, 0.15) is 12.5 Å². The summed E-state index contributed by atoms with van der Waals surface area (Å²) in [6.07, 6.45) is 0. The summed E-state index contributed by atoms with van der Waals surface area (Å²) in [5, 5.41) is 14.2. The highest BCUT2D eigenvalue weighted by Crippen LogP contribution is 2.22. The first-order valence-corrected chi connectivity index (χ1v) is 6.21. The van der Waals surface area contributed by atoms with E-state index in [9.17, 15) is 14.9 Å². The molecule has 0 aliphatic heterocycles. The Labute approximate surface area is 116 Å². The van der Waals surface area contributed by atoms with Crippen molar-refractivity contribution in [3.05, 3.63) is 38.9 Å². The maximum absolute atomic E-state index is 11.6. The number of benzene rings is 1. The van der Waals surface area contributed by atoms with E-state index in [0.29, 0.717) is 17.1 Å². The second-order valence-electron chi connectivity index (χ2n) is 4.04. The molecule has 0 saturated carbocycles. The maximum atomic E-state index is 11.6. The molecule has 7 heteroatoms. The van der Waals surface area contributed by atoms with Crippen molar-refractivity contribution in [1.82, 2.24) is 10.2 Å². The lowest BCUT2D eigenvalue weighted by Crippen LogP contribution is -2.35. The van der Waals surface area contributed by atoms with Gasteiger partial charge >= 0.3 is 0 Å². The fourth-order valence-electron chi connectivity index (χ4n) is 1.49. The molecule has 1 N–H and O–H groups in total. The van der Waals surface area contributed by atoms with E-state index in [1.165, 1.54) is 18.2 Å². The lowest BCUT2D eigenvalue weighted by Gasteiger charge is -2.14. The van der Waals surface area contributed by atoms with Gasteiger partial charge in [0.2, 0.25) is 5.91 Å². The summed E-state index contributed by atoms with van der Waals surface area (Å²) in [6.45, 7) is 2.85. The molecule has 0 atom stereocenters. The number of amides is 1. The Morgan fingerprint density at radius 1 is 1.53 bits per heavy atom. The Balaban J connectivity index is 2.65. The lowest BCUT2D eigenvalue weighted by molar-refractivity contribution is -0.385. The summed E-state index contributed by atoms with van der Waals surface area (Å²) >= 11 is 5.81. The first-order valence-electron chi connectivity index (χ1n) is 5.83. The Hall–Kier alpha value is -1.66. The third-order valence-corrected chi connectivity index (χ3v) is 2.97. The minimum absolute atomic E-state index is 0.00630. The molecule has 19 heavy (non-hydrogen) atoms. The molecule has 0 fully saturated rings. The van der Waals surface area contributed by atoms with E-state index in [2.05, 4.69) is 5.32 Å². The van der Waals surface area contributed by atoms with Crippen molar-refractivity contribution in [2.75, 3.05) is 20.1 Å². The van der Waals surface area contributed by atoms with Crippen LogP contribution < -0.4 is 5.32 Å². The molecule has 0 spiro atoms. The third-order valence-electron chi connectivity index (χ3n) is 2.73. The smallest absolute Gasteiger partial charge is 0.273 e. The highest BCUT2D eigenvalue weighted by atomic mass is 35.5. The van der Waals surface area contributed by atoms with Gasteiger partial charge in [0.05, 0.1) is 11.5 Å². The van der Waals surface area contributed by atoms with Gasteiger partial charge in [0.1, 0.15) is 0 Å². The minimum atomic E-state index is -0.465.